The third-order valence-electron chi connectivity index (χ3n) is 10.4. The Kier molecular flexibility index (Phi) is 9.89. The first kappa shape index (κ1) is 33.4. The summed E-state index contributed by atoms with van der Waals surface area (Å²) in [5.41, 5.74) is 0.224. The first-order valence-electron chi connectivity index (χ1n) is 16.5. The van der Waals surface area contributed by atoms with E-state index < -0.39 is 28.4 Å². The number of hydrogen-bond donors (Lipinski definition) is 3. The van der Waals surface area contributed by atoms with Gasteiger partial charge in [0.25, 0.3) is 0 Å². The van der Waals surface area contributed by atoms with Crippen molar-refractivity contribution in [2.24, 2.45) is 17.8 Å². The largest absolute Gasteiger partial charge is 0.506 e. The van der Waals surface area contributed by atoms with Crippen molar-refractivity contribution in [2.75, 3.05) is 39.3 Å². The Labute approximate surface area is 276 Å². The number of piperidine rings is 3. The number of likely N-dealkylation sites (tertiary alicyclic amines) is 2. The molecule has 2 aromatic carbocycles. The lowest BCUT2D eigenvalue weighted by Crippen LogP contribution is -2.46. The number of rotatable bonds is 7. The fraction of sp³-hybridized carbons (Fsp3) is 0.559. The first-order chi connectivity index (χ1) is 22.5. The zero-order valence-electron chi connectivity index (χ0n) is 26.2. The molecule has 4 heterocycles. The molecule has 6 rings (SSSR count). The molecule has 9 nitrogen and oxygen atoms in total. The van der Waals surface area contributed by atoms with Crippen molar-refractivity contribution in [3.05, 3.63) is 63.0 Å². The van der Waals surface area contributed by atoms with Gasteiger partial charge in [-0.25, -0.2) is 4.79 Å². The van der Waals surface area contributed by atoms with Crippen LogP contribution in [0.3, 0.4) is 0 Å². The predicted molar refractivity (Wildman–Crippen MR) is 172 cm³/mol. The Balaban J connectivity index is 1.16. The van der Waals surface area contributed by atoms with Crippen LogP contribution in [-0.2, 0) is 22.2 Å². The molecule has 3 saturated heterocycles. The summed E-state index contributed by atoms with van der Waals surface area (Å²) in [5.74, 6) is -1.31. The number of hydrogen-bond acceptors (Lipinski definition) is 5. The Morgan fingerprint density at radius 3 is 2.26 bits per heavy atom. The van der Waals surface area contributed by atoms with Crippen LogP contribution in [0.2, 0.25) is 5.02 Å². The van der Waals surface area contributed by atoms with Gasteiger partial charge in [-0.3, -0.25) is 14.2 Å². The number of amides is 2. The molecule has 13 heteroatoms. The van der Waals surface area contributed by atoms with Crippen LogP contribution in [0, 0.1) is 17.8 Å². The molecule has 0 spiro atoms. The maximum Gasteiger partial charge on any atom is 0.420 e. The minimum absolute atomic E-state index is 0.0960. The van der Waals surface area contributed by atoms with Gasteiger partial charge in [-0.15, -0.1) is 0 Å². The quantitative estimate of drug-likeness (QED) is 0.313. The molecule has 3 N–H and O–H groups in total. The number of nitrogens with zero attached hydrogens (tertiary/aromatic N) is 3. The maximum atomic E-state index is 14.0. The number of aromatic amines is 1. The van der Waals surface area contributed by atoms with Crippen LogP contribution < -0.4 is 11.0 Å². The van der Waals surface area contributed by atoms with E-state index in [1.165, 1.54) is 6.07 Å². The molecule has 3 aliphatic heterocycles. The normalized spacial score (nSPS) is 19.7. The van der Waals surface area contributed by atoms with Crippen LogP contribution >= 0.6 is 11.6 Å². The number of aromatic hydroxyl groups is 1. The number of H-pyrrole nitrogens is 1. The van der Waals surface area contributed by atoms with E-state index in [4.69, 9.17) is 11.6 Å². The average molecular weight is 676 g/mol. The van der Waals surface area contributed by atoms with Gasteiger partial charge in [-0.2, -0.15) is 13.2 Å². The number of halogens is 4. The Morgan fingerprint density at radius 1 is 0.936 bits per heavy atom. The fourth-order valence-electron chi connectivity index (χ4n) is 7.84. The molecule has 3 aliphatic rings. The topological polar surface area (TPSA) is 111 Å². The monoisotopic (exact) mass is 675 g/mol. The molecular weight excluding hydrogens is 635 g/mol. The third-order valence-corrected chi connectivity index (χ3v) is 10.7. The van der Waals surface area contributed by atoms with Gasteiger partial charge in [0.05, 0.1) is 27.5 Å². The van der Waals surface area contributed by atoms with E-state index in [1.807, 2.05) is 24.3 Å². The summed E-state index contributed by atoms with van der Waals surface area (Å²) in [7, 11) is 0. The second-order valence-corrected chi connectivity index (χ2v) is 13.7. The van der Waals surface area contributed by atoms with Gasteiger partial charge >= 0.3 is 11.9 Å². The number of para-hydroxylation sites is 2. The van der Waals surface area contributed by atoms with E-state index in [-0.39, 0.29) is 42.0 Å². The van der Waals surface area contributed by atoms with Crippen LogP contribution in [0.4, 0.5) is 13.2 Å². The van der Waals surface area contributed by atoms with Crippen molar-refractivity contribution < 1.29 is 27.9 Å². The maximum absolute atomic E-state index is 14.0. The Bertz CT molecular complexity index is 1650. The molecule has 3 fully saturated rings. The molecule has 0 unspecified atom stereocenters. The lowest BCUT2D eigenvalue weighted by Gasteiger charge is -2.39. The highest BCUT2D eigenvalue weighted by Gasteiger charge is 2.38. The van der Waals surface area contributed by atoms with Crippen molar-refractivity contribution in [1.29, 1.82) is 0 Å². The van der Waals surface area contributed by atoms with Gasteiger partial charge < -0.3 is 25.2 Å². The lowest BCUT2D eigenvalue weighted by molar-refractivity contribution is -0.143. The van der Waals surface area contributed by atoms with Gasteiger partial charge in [0, 0.05) is 38.6 Å². The molecule has 0 aliphatic carbocycles. The van der Waals surface area contributed by atoms with E-state index in [0.29, 0.717) is 50.9 Å². The number of imidazole rings is 1. The van der Waals surface area contributed by atoms with E-state index in [1.54, 1.807) is 14.4 Å². The number of alkyl halides is 3. The van der Waals surface area contributed by atoms with E-state index in [9.17, 15) is 32.7 Å². The zero-order chi connectivity index (χ0) is 33.3. The number of phenolic OH excluding ortho intramolecular Hbond substituents is 1. The lowest BCUT2D eigenvalue weighted by atomic mass is 9.79. The minimum Gasteiger partial charge on any atom is -0.506 e. The van der Waals surface area contributed by atoms with Crippen LogP contribution in [0.5, 0.6) is 5.75 Å². The van der Waals surface area contributed by atoms with Crippen molar-refractivity contribution in [2.45, 2.75) is 63.6 Å². The van der Waals surface area contributed by atoms with Gasteiger partial charge in [-0.1, -0.05) is 23.7 Å². The molecule has 1 atom stereocenters. The highest BCUT2D eigenvalue weighted by Crippen LogP contribution is 2.41. The van der Waals surface area contributed by atoms with Crippen molar-refractivity contribution in [3.8, 4) is 5.75 Å². The molecule has 1 aromatic heterocycles. The molecule has 2 amide bonds. The van der Waals surface area contributed by atoms with Crippen LogP contribution in [0.1, 0.15) is 62.1 Å². The number of aromatic nitrogens is 2. The number of nitrogens with one attached hydrogen (secondary N) is 2. The van der Waals surface area contributed by atoms with Crippen molar-refractivity contribution in [3.63, 3.8) is 0 Å². The standard InChI is InChI=1S/C34H41ClF3N5O4/c35-27-19-21(18-26(31(27)45)34(36,37)38)17-24(32(46)42-13-7-23(8-14-42)22-5-11-39-12-6-22)20-30(44)41-15-9-25(10-16-41)43-29-4-2-1-3-28(29)40-33(43)47/h1-4,18-19,22-25,39,45H,5-17,20H2,(H,40,47)/t24-/m0/s1. The van der Waals surface area contributed by atoms with Gasteiger partial charge in [-0.05, 0) is 99.7 Å². The number of carbonyl (C=O) groups is 2. The van der Waals surface area contributed by atoms with Crippen LogP contribution in [0.25, 0.3) is 11.0 Å². The van der Waals surface area contributed by atoms with Crippen LogP contribution in [-0.4, -0.2) is 75.5 Å². The summed E-state index contributed by atoms with van der Waals surface area (Å²) in [6, 6.07) is 9.42. The Hall–Kier alpha value is -3.51. The number of benzene rings is 2. The summed E-state index contributed by atoms with van der Waals surface area (Å²) in [5, 5.41) is 12.9. The number of fused-ring (bicyclic) bond motifs is 1. The van der Waals surface area contributed by atoms with E-state index >= 15 is 0 Å². The second kappa shape index (κ2) is 13.9. The highest BCUT2D eigenvalue weighted by atomic mass is 35.5. The first-order valence-corrected chi connectivity index (χ1v) is 16.9. The summed E-state index contributed by atoms with van der Waals surface area (Å²) in [6.07, 6.45) is -0.0604. The SMILES string of the molecule is O=C(C[C@H](Cc1cc(Cl)c(O)c(C(F)(F)F)c1)C(=O)N1CCC(C2CCNCC2)CC1)N1CCC(n2c(=O)[nH]c3ccccc32)CC1. The average Bonchev–Trinajstić information content (AvgIpc) is 3.41. The van der Waals surface area contributed by atoms with Crippen molar-refractivity contribution >= 4 is 34.4 Å². The van der Waals surface area contributed by atoms with Crippen molar-refractivity contribution in [1.82, 2.24) is 24.7 Å². The predicted octanol–water partition coefficient (Wildman–Crippen LogP) is 5.36. The molecular formula is C34H41ClF3N5O4. The number of carbonyl (C=O) groups excluding carboxylic acids is 2. The summed E-state index contributed by atoms with van der Waals surface area (Å²) >= 11 is 6.01. The van der Waals surface area contributed by atoms with Gasteiger partial charge in [0.1, 0.15) is 5.75 Å². The molecule has 47 heavy (non-hydrogen) atoms. The molecule has 0 radical (unpaired) electrons. The van der Waals surface area contributed by atoms with E-state index in [0.717, 1.165) is 55.9 Å². The summed E-state index contributed by atoms with van der Waals surface area (Å²) in [6.45, 7) is 3.88. The Morgan fingerprint density at radius 2 is 1.57 bits per heavy atom. The van der Waals surface area contributed by atoms with E-state index in [2.05, 4.69) is 10.3 Å². The highest BCUT2D eigenvalue weighted by molar-refractivity contribution is 6.32. The third kappa shape index (κ3) is 7.33. The summed E-state index contributed by atoms with van der Waals surface area (Å²) in [4.78, 5) is 46.8. The van der Waals surface area contributed by atoms with Crippen LogP contribution in [0.15, 0.2) is 41.2 Å². The molecule has 0 saturated carbocycles. The zero-order valence-corrected chi connectivity index (χ0v) is 27.0. The summed E-state index contributed by atoms with van der Waals surface area (Å²) < 4.78 is 42.8. The van der Waals surface area contributed by atoms with Gasteiger partial charge in [0.15, 0.2) is 0 Å². The smallest absolute Gasteiger partial charge is 0.420 e. The molecule has 0 bridgehead atoms. The number of phenols is 1. The van der Waals surface area contributed by atoms with Gasteiger partial charge in [0.2, 0.25) is 11.8 Å². The fourth-order valence-corrected chi connectivity index (χ4v) is 8.08. The molecule has 3 aromatic rings. The minimum atomic E-state index is -4.84. The molecule has 254 valence electrons. The second-order valence-electron chi connectivity index (χ2n) is 13.3.